The molecule has 4 nitrogen and oxygen atoms in total. The van der Waals surface area contributed by atoms with Crippen LogP contribution >= 0.6 is 47.9 Å². The fraction of sp³-hybridized carbons (Fsp3) is 0.389. The number of nitrogens with two attached hydrogens (primary N) is 1. The summed E-state index contributed by atoms with van der Waals surface area (Å²) in [7, 11) is 0. The van der Waals surface area contributed by atoms with Gasteiger partial charge in [0.05, 0.1) is 10.6 Å². The summed E-state index contributed by atoms with van der Waals surface area (Å²) in [5.41, 5.74) is 7.48. The lowest BCUT2D eigenvalue weighted by atomic mass is 10.0. The second-order valence-corrected chi connectivity index (χ2v) is 8.35. The van der Waals surface area contributed by atoms with Crippen molar-refractivity contribution in [1.29, 1.82) is 0 Å². The minimum atomic E-state index is -0.307. The summed E-state index contributed by atoms with van der Waals surface area (Å²) in [6.07, 6.45) is 2.24. The second kappa shape index (κ2) is 9.98. The van der Waals surface area contributed by atoms with Gasteiger partial charge in [-0.25, -0.2) is 9.38 Å². The molecule has 0 aliphatic carbocycles. The molecular weight excluding hydrogens is 426 g/mol. The number of piperidine rings is 1. The number of anilines is 1. The molecule has 0 saturated carbocycles. The molecule has 2 aliphatic heterocycles. The highest BCUT2D eigenvalue weighted by Crippen LogP contribution is 2.40. The van der Waals surface area contributed by atoms with Crippen molar-refractivity contribution < 1.29 is 4.39 Å². The molecule has 2 aliphatic rings. The lowest BCUT2D eigenvalue weighted by Gasteiger charge is -2.39. The van der Waals surface area contributed by atoms with Crippen LogP contribution in [0.5, 0.6) is 0 Å². The van der Waals surface area contributed by atoms with Crippen molar-refractivity contribution in [3.05, 3.63) is 40.3 Å². The maximum atomic E-state index is 14.5. The topological polar surface area (TPSA) is 53.6 Å². The largest absolute Gasteiger partial charge is 0.383 e. The van der Waals surface area contributed by atoms with E-state index >= 15 is 0 Å². The highest BCUT2D eigenvalue weighted by molar-refractivity contribution is 7.99. The van der Waals surface area contributed by atoms with Gasteiger partial charge in [0.2, 0.25) is 0 Å². The van der Waals surface area contributed by atoms with Crippen LogP contribution in [-0.2, 0) is 0 Å². The number of hydrogen-bond donors (Lipinski definition) is 2. The average Bonchev–Trinajstić information content (AvgIpc) is 3.17. The van der Waals surface area contributed by atoms with Crippen molar-refractivity contribution in [3.8, 4) is 0 Å². The zero-order valence-corrected chi connectivity index (χ0v) is 18.0. The molecular formula is C18H23Cl2FN4S2. The summed E-state index contributed by atoms with van der Waals surface area (Å²) in [4.78, 5) is 8.68. The molecule has 1 aromatic carbocycles. The van der Waals surface area contributed by atoms with E-state index in [4.69, 9.17) is 5.73 Å². The van der Waals surface area contributed by atoms with Crippen LogP contribution in [-0.4, -0.2) is 37.3 Å². The molecule has 3 N–H and O–H groups in total. The molecule has 1 fully saturated rings. The number of nitrogens with one attached hydrogen (secondary N) is 1. The van der Waals surface area contributed by atoms with E-state index in [2.05, 4.69) is 15.2 Å². The van der Waals surface area contributed by atoms with Crippen LogP contribution < -0.4 is 16.0 Å². The van der Waals surface area contributed by atoms with Gasteiger partial charge in [0, 0.05) is 23.2 Å². The molecule has 27 heavy (non-hydrogen) atoms. The van der Waals surface area contributed by atoms with Gasteiger partial charge in [-0.1, -0.05) is 6.07 Å². The minimum Gasteiger partial charge on any atom is -0.383 e. The Morgan fingerprint density at radius 1 is 1.26 bits per heavy atom. The van der Waals surface area contributed by atoms with E-state index in [-0.39, 0.29) is 30.6 Å². The van der Waals surface area contributed by atoms with E-state index in [1.165, 1.54) is 11.3 Å². The first kappa shape index (κ1) is 22.3. The van der Waals surface area contributed by atoms with Gasteiger partial charge in [-0.3, -0.25) is 0 Å². The van der Waals surface area contributed by atoms with Crippen LogP contribution in [0, 0.1) is 5.82 Å². The summed E-state index contributed by atoms with van der Waals surface area (Å²) in [5.74, 6) is 1.06. The predicted octanol–water partition coefficient (Wildman–Crippen LogP) is 4.43. The first-order chi connectivity index (χ1) is 12.2. The van der Waals surface area contributed by atoms with Gasteiger partial charge in [0.25, 0.3) is 0 Å². The smallest absolute Gasteiger partial charge is 0.150 e. The van der Waals surface area contributed by atoms with Crippen molar-refractivity contribution in [2.75, 3.05) is 30.3 Å². The Labute approximate surface area is 179 Å². The third kappa shape index (κ3) is 4.90. The van der Waals surface area contributed by atoms with Crippen LogP contribution in [0.4, 0.5) is 15.8 Å². The first-order valence-electron chi connectivity index (χ1n) is 8.54. The number of fused-ring (bicyclic) bond motifs is 1. The maximum Gasteiger partial charge on any atom is 0.150 e. The zero-order valence-electron chi connectivity index (χ0n) is 14.7. The molecule has 0 spiro atoms. The molecule has 4 rings (SSSR count). The molecule has 2 aromatic rings. The van der Waals surface area contributed by atoms with E-state index < -0.39 is 0 Å². The van der Waals surface area contributed by atoms with Gasteiger partial charge in [-0.2, -0.15) is 0 Å². The fourth-order valence-corrected chi connectivity index (χ4v) is 5.09. The number of thiophene rings is 1. The molecule has 0 amide bonds. The number of amidine groups is 1. The number of aliphatic imine (C=N–C) groups is 1. The highest BCUT2D eigenvalue weighted by atomic mass is 35.5. The molecule has 9 heteroatoms. The van der Waals surface area contributed by atoms with Crippen LogP contribution in [0.1, 0.15) is 17.7 Å². The van der Waals surface area contributed by atoms with Crippen LogP contribution in [0.25, 0.3) is 0 Å². The normalized spacial score (nSPS) is 17.7. The van der Waals surface area contributed by atoms with E-state index in [0.29, 0.717) is 17.6 Å². The molecule has 0 radical (unpaired) electrons. The lowest BCUT2D eigenvalue weighted by molar-refractivity contribution is 0.432. The molecule has 1 aromatic heterocycles. The number of halogens is 3. The van der Waals surface area contributed by atoms with E-state index in [1.807, 2.05) is 23.6 Å². The summed E-state index contributed by atoms with van der Waals surface area (Å²) in [6.45, 7) is 3.08. The number of nitrogens with zero attached hydrogens (tertiary/aromatic N) is 2. The number of benzene rings is 1. The molecule has 0 atom stereocenters. The van der Waals surface area contributed by atoms with Gasteiger partial charge >= 0.3 is 0 Å². The van der Waals surface area contributed by atoms with E-state index in [0.717, 1.165) is 53.7 Å². The predicted molar refractivity (Wildman–Crippen MR) is 120 cm³/mol. The van der Waals surface area contributed by atoms with Gasteiger partial charge in [-0.05, 0) is 49.5 Å². The third-order valence-corrected chi connectivity index (χ3v) is 6.61. The van der Waals surface area contributed by atoms with Crippen molar-refractivity contribution >= 4 is 65.1 Å². The molecule has 148 valence electrons. The van der Waals surface area contributed by atoms with Gasteiger partial charge in [-0.15, -0.1) is 47.9 Å². The molecule has 0 bridgehead atoms. The Hall–Kier alpha value is -0.990. The van der Waals surface area contributed by atoms with E-state index in [9.17, 15) is 4.39 Å². The van der Waals surface area contributed by atoms with Crippen molar-refractivity contribution in [2.45, 2.75) is 23.8 Å². The Morgan fingerprint density at radius 3 is 2.74 bits per heavy atom. The molecule has 0 unspecified atom stereocenters. The quantitative estimate of drug-likeness (QED) is 0.538. The summed E-state index contributed by atoms with van der Waals surface area (Å²) in [6, 6.07) is 7.82. The lowest BCUT2D eigenvalue weighted by Crippen LogP contribution is -2.45. The molecule has 1 saturated heterocycles. The van der Waals surface area contributed by atoms with Crippen LogP contribution in [0.2, 0.25) is 0 Å². The van der Waals surface area contributed by atoms with Gasteiger partial charge < -0.3 is 16.0 Å². The summed E-state index contributed by atoms with van der Waals surface area (Å²) >= 11 is 3.23. The maximum absolute atomic E-state index is 14.5. The molecule has 3 heterocycles. The van der Waals surface area contributed by atoms with Crippen LogP contribution in [0.3, 0.4) is 0 Å². The number of thioether (sulfide) groups is 1. The Kier molecular flexibility index (Phi) is 8.24. The number of rotatable bonds is 3. The highest BCUT2D eigenvalue weighted by Gasteiger charge is 2.27. The second-order valence-electron chi connectivity index (χ2n) is 6.27. The number of hydrogen-bond acceptors (Lipinski definition) is 5. The zero-order chi connectivity index (χ0) is 17.2. The SMILES string of the molecule is Cl.Cl.NC(=Nc1cc2c(cc1F)SCCN2C1CCNCC1)c1cccs1. The summed E-state index contributed by atoms with van der Waals surface area (Å²) < 4.78 is 14.5. The van der Waals surface area contributed by atoms with Crippen molar-refractivity contribution in [3.63, 3.8) is 0 Å². The standard InChI is InChI=1S/C18H21FN4S2.2ClH/c19-13-10-17-15(11-14(13)22-18(20)16-2-1-8-24-16)23(7-9-25-17)12-3-5-21-6-4-12;;/h1-2,8,10-12,21H,3-7,9H2,(H2,20,22);2*1H. The Bertz CT molecular complexity index is 780. The fourth-order valence-electron chi connectivity index (χ4n) is 3.44. The Balaban J connectivity index is 0.00000131. The van der Waals surface area contributed by atoms with Gasteiger partial charge in [0.1, 0.15) is 17.3 Å². The summed E-state index contributed by atoms with van der Waals surface area (Å²) in [5, 5.41) is 5.35. The Morgan fingerprint density at radius 2 is 2.04 bits per heavy atom. The monoisotopic (exact) mass is 448 g/mol. The van der Waals surface area contributed by atoms with Crippen molar-refractivity contribution in [1.82, 2.24) is 5.32 Å². The van der Waals surface area contributed by atoms with Crippen LogP contribution in [0.15, 0.2) is 39.5 Å². The third-order valence-electron chi connectivity index (χ3n) is 4.69. The van der Waals surface area contributed by atoms with Crippen molar-refractivity contribution in [2.24, 2.45) is 10.7 Å². The minimum absolute atomic E-state index is 0. The average molecular weight is 449 g/mol. The first-order valence-corrected chi connectivity index (χ1v) is 10.4. The van der Waals surface area contributed by atoms with Gasteiger partial charge in [0.15, 0.2) is 0 Å². The van der Waals surface area contributed by atoms with E-state index in [1.54, 1.807) is 17.8 Å².